The minimum Gasteiger partial charge on any atom is -0.358 e. The Hall–Kier alpha value is -0.350. The van der Waals surface area contributed by atoms with Gasteiger partial charge in [0.05, 0.1) is 15.9 Å². The first-order chi connectivity index (χ1) is 5.18. The zero-order valence-electron chi connectivity index (χ0n) is 5.93. The summed E-state index contributed by atoms with van der Waals surface area (Å²) < 4.78 is 1.03. The van der Waals surface area contributed by atoms with Gasteiger partial charge in [0.15, 0.2) is 5.78 Å². The smallest absolute Gasteiger partial charge is 0.185 e. The third-order valence-electron chi connectivity index (χ3n) is 1.71. The topological polar surface area (TPSA) is 20.3 Å². The molecule has 4 heteroatoms. The summed E-state index contributed by atoms with van der Waals surface area (Å²) >= 11 is 4.96. The molecule has 2 heterocycles. The monoisotopic (exact) mass is 231 g/mol. The second kappa shape index (κ2) is 2.32. The molecule has 58 valence electrons. The van der Waals surface area contributed by atoms with Gasteiger partial charge in [0.2, 0.25) is 0 Å². The summed E-state index contributed by atoms with van der Waals surface area (Å²) in [4.78, 5) is 13.2. The third-order valence-corrected chi connectivity index (χ3v) is 3.46. The molecular weight excluding hydrogens is 226 g/mol. The van der Waals surface area contributed by atoms with Crippen molar-refractivity contribution in [3.63, 3.8) is 0 Å². The molecular formula is C7H6BrNOS. The van der Waals surface area contributed by atoms with Crippen molar-refractivity contribution in [1.82, 2.24) is 0 Å². The quantitative estimate of drug-likeness (QED) is 0.683. The van der Waals surface area contributed by atoms with E-state index in [0.29, 0.717) is 6.54 Å². The zero-order valence-corrected chi connectivity index (χ0v) is 8.33. The van der Waals surface area contributed by atoms with Crippen molar-refractivity contribution >= 4 is 38.1 Å². The van der Waals surface area contributed by atoms with Crippen molar-refractivity contribution in [2.75, 3.05) is 18.5 Å². The highest BCUT2D eigenvalue weighted by molar-refractivity contribution is 9.11. The van der Waals surface area contributed by atoms with E-state index in [1.54, 1.807) is 11.3 Å². The number of nitrogens with zero attached hydrogens (tertiary/aromatic N) is 1. The standard InChI is InChI=1S/C7H6BrNOS/c1-9-3-5(10)4-2-6(8)11-7(4)9/h2H,3H2,1H3. The number of carbonyl (C=O) groups excluding carboxylic acids is 1. The minimum absolute atomic E-state index is 0.226. The highest BCUT2D eigenvalue weighted by Crippen LogP contribution is 2.38. The van der Waals surface area contributed by atoms with Gasteiger partial charge >= 0.3 is 0 Å². The first-order valence-electron chi connectivity index (χ1n) is 3.22. The van der Waals surface area contributed by atoms with Gasteiger partial charge in [0.25, 0.3) is 0 Å². The summed E-state index contributed by atoms with van der Waals surface area (Å²) in [6, 6.07) is 1.89. The molecule has 0 radical (unpaired) electrons. The Morgan fingerprint density at radius 2 is 2.45 bits per heavy atom. The fraction of sp³-hybridized carbons (Fsp3) is 0.286. The van der Waals surface area contributed by atoms with Gasteiger partial charge in [-0.05, 0) is 22.0 Å². The number of anilines is 1. The van der Waals surface area contributed by atoms with Crippen LogP contribution in [-0.2, 0) is 0 Å². The highest BCUT2D eigenvalue weighted by atomic mass is 79.9. The van der Waals surface area contributed by atoms with E-state index in [2.05, 4.69) is 15.9 Å². The molecule has 0 amide bonds. The molecule has 0 fully saturated rings. The largest absolute Gasteiger partial charge is 0.358 e. The van der Waals surface area contributed by atoms with Crippen LogP contribution < -0.4 is 4.90 Å². The van der Waals surface area contributed by atoms with Crippen LogP contribution in [-0.4, -0.2) is 19.4 Å². The van der Waals surface area contributed by atoms with E-state index in [0.717, 1.165) is 14.4 Å². The van der Waals surface area contributed by atoms with Crippen molar-refractivity contribution in [2.24, 2.45) is 0 Å². The molecule has 0 saturated heterocycles. The molecule has 1 aromatic rings. The fourth-order valence-corrected chi connectivity index (χ4v) is 2.76. The molecule has 1 aliphatic rings. The van der Waals surface area contributed by atoms with Gasteiger partial charge in [-0.25, -0.2) is 0 Å². The van der Waals surface area contributed by atoms with Gasteiger partial charge < -0.3 is 4.90 Å². The van der Waals surface area contributed by atoms with E-state index in [9.17, 15) is 4.79 Å². The van der Waals surface area contributed by atoms with E-state index in [-0.39, 0.29) is 5.78 Å². The Kier molecular flexibility index (Phi) is 1.54. The lowest BCUT2D eigenvalue weighted by molar-refractivity contribution is 0.101. The van der Waals surface area contributed by atoms with Crippen molar-refractivity contribution in [3.05, 3.63) is 15.4 Å². The van der Waals surface area contributed by atoms with Crippen molar-refractivity contribution in [2.45, 2.75) is 0 Å². The summed E-state index contributed by atoms with van der Waals surface area (Å²) in [5.74, 6) is 0.226. The number of thiophene rings is 1. The summed E-state index contributed by atoms with van der Waals surface area (Å²) in [6.07, 6.45) is 0. The number of halogens is 1. The Bertz CT molecular complexity index is 320. The zero-order chi connectivity index (χ0) is 8.01. The van der Waals surface area contributed by atoms with Gasteiger partial charge in [0.1, 0.15) is 5.00 Å². The molecule has 2 nitrogen and oxygen atoms in total. The van der Waals surface area contributed by atoms with Gasteiger partial charge in [-0.1, -0.05) is 0 Å². The van der Waals surface area contributed by atoms with Gasteiger partial charge in [0, 0.05) is 7.05 Å². The average molecular weight is 232 g/mol. The lowest BCUT2D eigenvalue weighted by Crippen LogP contribution is -2.15. The predicted octanol–water partition coefficient (Wildman–Crippen LogP) is 2.14. The van der Waals surface area contributed by atoms with E-state index >= 15 is 0 Å². The molecule has 0 atom stereocenters. The van der Waals surface area contributed by atoms with Crippen LogP contribution >= 0.6 is 27.3 Å². The van der Waals surface area contributed by atoms with Gasteiger partial charge in [-0.15, -0.1) is 11.3 Å². The van der Waals surface area contributed by atoms with Crippen molar-refractivity contribution < 1.29 is 4.79 Å². The summed E-state index contributed by atoms with van der Waals surface area (Å²) in [5.41, 5.74) is 0.865. The Balaban J connectivity index is 2.58. The van der Waals surface area contributed by atoms with Crippen LogP contribution in [0.3, 0.4) is 0 Å². The van der Waals surface area contributed by atoms with Gasteiger partial charge in [-0.2, -0.15) is 0 Å². The van der Waals surface area contributed by atoms with Crippen LogP contribution in [0.15, 0.2) is 9.85 Å². The lowest BCUT2D eigenvalue weighted by atomic mass is 10.2. The van der Waals surface area contributed by atoms with Crippen LogP contribution in [0.2, 0.25) is 0 Å². The summed E-state index contributed by atoms with van der Waals surface area (Å²) in [7, 11) is 1.94. The molecule has 0 spiro atoms. The molecule has 1 aliphatic heterocycles. The minimum atomic E-state index is 0.226. The maximum Gasteiger partial charge on any atom is 0.185 e. The van der Waals surface area contributed by atoms with E-state index in [4.69, 9.17) is 0 Å². The van der Waals surface area contributed by atoms with Crippen LogP contribution in [0.25, 0.3) is 0 Å². The number of hydrogen-bond donors (Lipinski definition) is 0. The number of rotatable bonds is 0. The molecule has 0 N–H and O–H groups in total. The Morgan fingerprint density at radius 3 is 3.09 bits per heavy atom. The Labute approximate surface area is 76.9 Å². The first kappa shape index (κ1) is 7.31. The Morgan fingerprint density at radius 1 is 1.73 bits per heavy atom. The van der Waals surface area contributed by atoms with Crippen LogP contribution in [0.1, 0.15) is 10.4 Å². The maximum atomic E-state index is 11.2. The van der Waals surface area contributed by atoms with E-state index in [1.807, 2.05) is 18.0 Å². The third kappa shape index (κ3) is 1.01. The summed E-state index contributed by atoms with van der Waals surface area (Å²) in [6.45, 7) is 0.536. The second-order valence-corrected chi connectivity index (χ2v) is 4.96. The number of Topliss-reactive ketones (excluding diaryl/α,β-unsaturated/α-hetero) is 1. The molecule has 2 rings (SSSR count). The predicted molar refractivity (Wildman–Crippen MR) is 49.6 cm³/mol. The van der Waals surface area contributed by atoms with Gasteiger partial charge in [-0.3, -0.25) is 4.79 Å². The number of likely N-dealkylation sites (N-methyl/N-ethyl adjacent to an activating group) is 1. The first-order valence-corrected chi connectivity index (χ1v) is 4.83. The number of hydrogen-bond acceptors (Lipinski definition) is 3. The van der Waals surface area contributed by atoms with E-state index < -0.39 is 0 Å². The molecule has 0 saturated carbocycles. The van der Waals surface area contributed by atoms with Crippen molar-refractivity contribution in [3.8, 4) is 0 Å². The molecule has 0 aromatic carbocycles. The molecule has 1 aromatic heterocycles. The second-order valence-electron chi connectivity index (χ2n) is 2.55. The molecule has 0 bridgehead atoms. The highest BCUT2D eigenvalue weighted by Gasteiger charge is 2.26. The molecule has 11 heavy (non-hydrogen) atoms. The summed E-state index contributed by atoms with van der Waals surface area (Å²) in [5, 5.41) is 1.09. The van der Waals surface area contributed by atoms with Crippen LogP contribution in [0, 0.1) is 0 Å². The number of fused-ring (bicyclic) bond motifs is 1. The van der Waals surface area contributed by atoms with Crippen LogP contribution in [0.4, 0.5) is 5.00 Å². The normalized spacial score (nSPS) is 15.8. The number of carbonyl (C=O) groups is 1. The lowest BCUT2D eigenvalue weighted by Gasteiger charge is -2.06. The fourth-order valence-electron chi connectivity index (χ4n) is 1.21. The molecule has 0 unspecified atom stereocenters. The maximum absolute atomic E-state index is 11.2. The SMILES string of the molecule is CN1CC(=O)c2cc(Br)sc21. The van der Waals surface area contributed by atoms with E-state index in [1.165, 1.54) is 0 Å². The molecule has 0 aliphatic carbocycles. The average Bonchev–Trinajstić information content (AvgIpc) is 2.38. The number of ketones is 1. The van der Waals surface area contributed by atoms with Crippen LogP contribution in [0.5, 0.6) is 0 Å². The van der Waals surface area contributed by atoms with Crippen molar-refractivity contribution in [1.29, 1.82) is 0 Å².